The summed E-state index contributed by atoms with van der Waals surface area (Å²) < 4.78 is 84.9. The van der Waals surface area contributed by atoms with Crippen molar-refractivity contribution >= 4 is 11.6 Å². The molecule has 0 saturated heterocycles. The molecule has 1 aliphatic rings. The molecule has 0 aromatic heterocycles. The second-order valence-electron chi connectivity index (χ2n) is 8.03. The summed E-state index contributed by atoms with van der Waals surface area (Å²) in [5.41, 5.74) is -3.61. The summed E-state index contributed by atoms with van der Waals surface area (Å²) >= 11 is 0. The molecule has 176 valence electrons. The van der Waals surface area contributed by atoms with Gasteiger partial charge in [0.1, 0.15) is 0 Å². The SMILES string of the molecule is CC(=O)C1=C[C@@](CO[C@H](C)c2cc(C(F)(F)F)cc(C(F)(F)F)c2)(c2ccccc2)CC1=O. The Kier molecular flexibility index (Phi) is 6.57. The third kappa shape index (κ3) is 5.35. The molecule has 0 unspecified atom stereocenters. The molecule has 0 heterocycles. The number of benzene rings is 2. The lowest BCUT2D eigenvalue weighted by atomic mass is 9.80. The zero-order chi connectivity index (χ0) is 24.6. The van der Waals surface area contributed by atoms with Crippen molar-refractivity contribution in [3.05, 3.63) is 82.4 Å². The van der Waals surface area contributed by atoms with Gasteiger partial charge in [0.15, 0.2) is 11.6 Å². The highest BCUT2D eigenvalue weighted by Gasteiger charge is 2.42. The highest BCUT2D eigenvalue weighted by atomic mass is 19.4. The summed E-state index contributed by atoms with van der Waals surface area (Å²) in [6.45, 7) is 2.36. The minimum Gasteiger partial charge on any atom is -0.373 e. The van der Waals surface area contributed by atoms with E-state index in [0.29, 0.717) is 17.7 Å². The Morgan fingerprint density at radius 2 is 1.55 bits per heavy atom. The average Bonchev–Trinajstić information content (AvgIpc) is 3.09. The molecule has 0 fully saturated rings. The highest BCUT2D eigenvalue weighted by molar-refractivity contribution is 6.21. The van der Waals surface area contributed by atoms with Gasteiger partial charge in [0.05, 0.1) is 29.4 Å². The van der Waals surface area contributed by atoms with Crippen molar-refractivity contribution in [2.75, 3.05) is 6.61 Å². The summed E-state index contributed by atoms with van der Waals surface area (Å²) in [7, 11) is 0. The van der Waals surface area contributed by atoms with Crippen LogP contribution < -0.4 is 0 Å². The number of alkyl halides is 6. The number of hydrogen-bond donors (Lipinski definition) is 0. The van der Waals surface area contributed by atoms with E-state index < -0.39 is 46.6 Å². The predicted molar refractivity (Wildman–Crippen MR) is 107 cm³/mol. The smallest absolute Gasteiger partial charge is 0.373 e. The van der Waals surface area contributed by atoms with Crippen LogP contribution in [0.2, 0.25) is 0 Å². The largest absolute Gasteiger partial charge is 0.416 e. The normalized spacial score (nSPS) is 20.0. The fourth-order valence-electron chi connectivity index (χ4n) is 3.80. The fourth-order valence-corrected chi connectivity index (χ4v) is 3.80. The predicted octanol–water partition coefficient (Wildman–Crippen LogP) is 6.23. The van der Waals surface area contributed by atoms with Gasteiger partial charge in [0.25, 0.3) is 0 Å². The van der Waals surface area contributed by atoms with Crippen LogP contribution in [0, 0.1) is 0 Å². The topological polar surface area (TPSA) is 43.4 Å². The monoisotopic (exact) mass is 470 g/mol. The van der Waals surface area contributed by atoms with E-state index >= 15 is 0 Å². The van der Waals surface area contributed by atoms with Gasteiger partial charge in [0, 0.05) is 11.8 Å². The maximum atomic E-state index is 13.2. The lowest BCUT2D eigenvalue weighted by molar-refractivity contribution is -0.143. The lowest BCUT2D eigenvalue weighted by Crippen LogP contribution is -2.29. The van der Waals surface area contributed by atoms with Gasteiger partial charge in [-0.25, -0.2) is 0 Å². The van der Waals surface area contributed by atoms with E-state index in [4.69, 9.17) is 4.74 Å². The fraction of sp³-hybridized carbons (Fsp3) is 0.333. The van der Waals surface area contributed by atoms with Crippen LogP contribution in [-0.4, -0.2) is 18.2 Å². The Labute approximate surface area is 186 Å². The molecule has 0 N–H and O–H groups in total. The molecule has 2 atom stereocenters. The zero-order valence-electron chi connectivity index (χ0n) is 17.7. The number of allylic oxidation sites excluding steroid dienone is 1. The van der Waals surface area contributed by atoms with Crippen molar-refractivity contribution in [1.82, 2.24) is 0 Å². The number of Topliss-reactive ketones (excluding diaryl/α,β-unsaturated/α-hetero) is 2. The van der Waals surface area contributed by atoms with Crippen LogP contribution in [0.25, 0.3) is 0 Å². The van der Waals surface area contributed by atoms with Crippen molar-refractivity contribution in [2.24, 2.45) is 0 Å². The number of halogens is 6. The second-order valence-corrected chi connectivity index (χ2v) is 8.03. The molecular weight excluding hydrogens is 450 g/mol. The van der Waals surface area contributed by atoms with E-state index in [9.17, 15) is 35.9 Å². The van der Waals surface area contributed by atoms with Crippen molar-refractivity contribution in [3.63, 3.8) is 0 Å². The molecule has 0 aliphatic heterocycles. The van der Waals surface area contributed by atoms with Crippen LogP contribution in [0.4, 0.5) is 26.3 Å². The standard InChI is InChI=1S/C24H20F6O3/c1-14(31)20-11-22(12-21(20)32,17-6-4-3-5-7-17)13-33-15(2)16-8-18(23(25,26)27)10-19(9-16)24(28,29)30/h3-11,15H,12-13H2,1-2H3/t15-,22-/m1/s1. The summed E-state index contributed by atoms with van der Waals surface area (Å²) in [4.78, 5) is 24.3. The van der Waals surface area contributed by atoms with E-state index in [1.165, 1.54) is 19.9 Å². The molecule has 0 amide bonds. The van der Waals surface area contributed by atoms with Crippen LogP contribution in [-0.2, 0) is 32.1 Å². The van der Waals surface area contributed by atoms with Crippen LogP contribution in [0.5, 0.6) is 0 Å². The van der Waals surface area contributed by atoms with Gasteiger partial charge in [-0.05, 0) is 43.2 Å². The minimum atomic E-state index is -4.97. The van der Waals surface area contributed by atoms with Crippen molar-refractivity contribution < 1.29 is 40.7 Å². The van der Waals surface area contributed by atoms with Gasteiger partial charge < -0.3 is 4.74 Å². The van der Waals surface area contributed by atoms with E-state index in [2.05, 4.69) is 0 Å². The first-order valence-electron chi connectivity index (χ1n) is 9.96. The summed E-state index contributed by atoms with van der Waals surface area (Å²) in [6.07, 6.45) is -9.73. The minimum absolute atomic E-state index is 0.00599. The molecule has 0 radical (unpaired) electrons. The van der Waals surface area contributed by atoms with Gasteiger partial charge in [-0.15, -0.1) is 0 Å². The maximum absolute atomic E-state index is 13.2. The van der Waals surface area contributed by atoms with Crippen LogP contribution >= 0.6 is 0 Å². The molecule has 33 heavy (non-hydrogen) atoms. The first-order valence-corrected chi connectivity index (χ1v) is 9.96. The average molecular weight is 470 g/mol. The van der Waals surface area contributed by atoms with E-state index in [1.807, 2.05) is 0 Å². The van der Waals surface area contributed by atoms with Gasteiger partial charge in [0.2, 0.25) is 0 Å². The molecule has 3 nitrogen and oxygen atoms in total. The molecule has 0 saturated carbocycles. The Hall–Kier alpha value is -2.94. The molecule has 2 aromatic rings. The molecule has 3 rings (SSSR count). The van der Waals surface area contributed by atoms with Crippen molar-refractivity contribution in [1.29, 1.82) is 0 Å². The quantitative estimate of drug-likeness (QED) is 0.372. The summed E-state index contributed by atoms with van der Waals surface area (Å²) in [6, 6.07) is 9.89. The number of ketones is 2. The van der Waals surface area contributed by atoms with Crippen LogP contribution in [0.15, 0.2) is 60.2 Å². The molecule has 0 bridgehead atoms. The number of rotatable bonds is 6. The number of ether oxygens (including phenoxy) is 1. The zero-order valence-corrected chi connectivity index (χ0v) is 17.7. The molecular formula is C24H20F6O3. The number of hydrogen-bond acceptors (Lipinski definition) is 3. The Morgan fingerprint density at radius 3 is 2.00 bits per heavy atom. The third-order valence-electron chi connectivity index (χ3n) is 5.60. The Bertz CT molecular complexity index is 1050. The van der Waals surface area contributed by atoms with E-state index in [1.54, 1.807) is 30.3 Å². The number of carbonyl (C=O) groups is 2. The molecule has 2 aromatic carbocycles. The maximum Gasteiger partial charge on any atom is 0.416 e. The van der Waals surface area contributed by atoms with Crippen molar-refractivity contribution in [2.45, 2.75) is 44.1 Å². The third-order valence-corrected chi connectivity index (χ3v) is 5.60. The lowest BCUT2D eigenvalue weighted by Gasteiger charge is -2.29. The van der Waals surface area contributed by atoms with Gasteiger partial charge in [-0.2, -0.15) is 26.3 Å². The first kappa shape index (κ1) is 24.7. The molecule has 1 aliphatic carbocycles. The second kappa shape index (κ2) is 8.78. The van der Waals surface area contributed by atoms with Crippen molar-refractivity contribution in [3.8, 4) is 0 Å². The van der Waals surface area contributed by atoms with Gasteiger partial charge in [-0.1, -0.05) is 36.4 Å². The highest BCUT2D eigenvalue weighted by Crippen LogP contribution is 2.41. The molecule has 9 heteroatoms. The Balaban J connectivity index is 1.96. The van der Waals surface area contributed by atoms with Crippen LogP contribution in [0.3, 0.4) is 0 Å². The number of carbonyl (C=O) groups excluding carboxylic acids is 2. The summed E-state index contributed by atoms with van der Waals surface area (Å²) in [5.74, 6) is -0.834. The van der Waals surface area contributed by atoms with Gasteiger partial charge in [-0.3, -0.25) is 9.59 Å². The molecule has 0 spiro atoms. The van der Waals surface area contributed by atoms with E-state index in [-0.39, 0.29) is 30.2 Å². The van der Waals surface area contributed by atoms with Gasteiger partial charge >= 0.3 is 12.4 Å². The summed E-state index contributed by atoms with van der Waals surface area (Å²) in [5, 5.41) is 0. The Morgan fingerprint density at radius 1 is 1.00 bits per heavy atom. The first-order chi connectivity index (χ1) is 15.2. The van der Waals surface area contributed by atoms with E-state index in [0.717, 1.165) is 0 Å². The van der Waals surface area contributed by atoms with Crippen LogP contribution in [0.1, 0.15) is 48.6 Å².